The van der Waals surface area contributed by atoms with Crippen molar-refractivity contribution < 1.29 is 18.9 Å². The second-order valence-electron chi connectivity index (χ2n) is 6.76. The lowest BCUT2D eigenvalue weighted by Gasteiger charge is -2.36. The fraction of sp³-hybridized carbons (Fsp3) is 0.0909. The van der Waals surface area contributed by atoms with Crippen molar-refractivity contribution in [2.45, 2.75) is 6.17 Å². The molecule has 3 aromatic rings. The molecule has 32 heavy (non-hydrogen) atoms. The molecule has 0 aliphatic carbocycles. The summed E-state index contributed by atoms with van der Waals surface area (Å²) >= 11 is 4.45. The molecule has 0 saturated heterocycles. The van der Waals surface area contributed by atoms with Crippen LogP contribution in [-0.2, 0) is 4.79 Å². The molecule has 1 aliphatic rings. The van der Waals surface area contributed by atoms with E-state index >= 15 is 0 Å². The van der Waals surface area contributed by atoms with Gasteiger partial charge in [-0.2, -0.15) is 5.26 Å². The molecule has 1 aliphatic heterocycles. The van der Waals surface area contributed by atoms with Crippen molar-refractivity contribution in [1.82, 2.24) is 5.32 Å². The zero-order chi connectivity index (χ0) is 22.8. The maximum atomic E-state index is 12.5. The van der Waals surface area contributed by atoms with Crippen LogP contribution in [-0.4, -0.2) is 17.9 Å². The van der Waals surface area contributed by atoms with E-state index in [9.17, 15) is 20.2 Å². The van der Waals surface area contributed by atoms with Gasteiger partial charge >= 0.3 is 0 Å². The quantitative estimate of drug-likeness (QED) is 0.341. The van der Waals surface area contributed by atoms with Gasteiger partial charge in [0.05, 0.1) is 17.1 Å². The number of carbonyl (C=O) groups excluding carboxylic acids is 1. The normalized spacial score (nSPS) is 15.8. The zero-order valence-electron chi connectivity index (χ0n) is 16.7. The number of hydrogen-bond donors (Lipinski definition) is 2. The van der Waals surface area contributed by atoms with E-state index in [1.165, 1.54) is 12.1 Å². The van der Waals surface area contributed by atoms with Gasteiger partial charge in [-0.15, -0.1) is 12.6 Å². The number of nitrogens with one attached hydrogen (secondary N) is 1. The number of thiol groups is 1. The molecule has 9 nitrogen and oxygen atoms in total. The maximum Gasteiger partial charge on any atom is 0.269 e. The Morgan fingerprint density at radius 3 is 2.44 bits per heavy atom. The number of carbonyl (C=O) groups is 1. The number of nitrogens with zero attached hydrogens (tertiary/aromatic N) is 3. The summed E-state index contributed by atoms with van der Waals surface area (Å²) in [6.07, 6.45) is -0.771. The molecule has 0 spiro atoms. The first-order valence-electron chi connectivity index (χ1n) is 9.35. The van der Waals surface area contributed by atoms with E-state index in [0.29, 0.717) is 28.5 Å². The topological polar surface area (TPSA) is 122 Å². The van der Waals surface area contributed by atoms with Gasteiger partial charge in [0, 0.05) is 23.4 Å². The van der Waals surface area contributed by atoms with E-state index in [-0.39, 0.29) is 16.3 Å². The number of amides is 1. The molecule has 1 atom stereocenters. The third-order valence-electron chi connectivity index (χ3n) is 4.93. The zero-order valence-corrected chi connectivity index (χ0v) is 17.6. The number of nitro groups is 1. The molecule has 160 valence electrons. The van der Waals surface area contributed by atoms with E-state index in [1.54, 1.807) is 60.5 Å². The summed E-state index contributed by atoms with van der Waals surface area (Å²) in [5.41, 5.74) is 1.14. The van der Waals surface area contributed by atoms with Gasteiger partial charge in [-0.25, -0.2) is 0 Å². The summed E-state index contributed by atoms with van der Waals surface area (Å²) in [7, 11) is 1.55. The van der Waals surface area contributed by atoms with E-state index in [0.717, 1.165) is 0 Å². The Bertz CT molecular complexity index is 1260. The van der Waals surface area contributed by atoms with Gasteiger partial charge < -0.3 is 19.4 Å². The summed E-state index contributed by atoms with van der Waals surface area (Å²) in [5.74, 6) is 0.941. The smallest absolute Gasteiger partial charge is 0.269 e. The SMILES string of the molecule is COc1ccc(N2C(S)=C(C#N)C(=O)N[C@H]2c2ccc(-c3ccc([N+](=O)[O-])cc3)o2)cc1. The average Bonchev–Trinajstić information content (AvgIpc) is 3.29. The minimum absolute atomic E-state index is 0.0281. The van der Waals surface area contributed by atoms with Crippen molar-refractivity contribution in [1.29, 1.82) is 5.26 Å². The highest BCUT2D eigenvalue weighted by atomic mass is 32.1. The summed E-state index contributed by atoms with van der Waals surface area (Å²) < 4.78 is 11.2. The Labute approximate surface area is 188 Å². The number of non-ortho nitro benzene ring substituents is 1. The van der Waals surface area contributed by atoms with E-state index < -0.39 is 17.0 Å². The second kappa shape index (κ2) is 8.49. The average molecular weight is 448 g/mol. The van der Waals surface area contributed by atoms with Crippen LogP contribution in [0.4, 0.5) is 11.4 Å². The maximum absolute atomic E-state index is 12.5. The van der Waals surface area contributed by atoms with Crippen LogP contribution in [0.5, 0.6) is 5.75 Å². The molecule has 0 saturated carbocycles. The predicted molar refractivity (Wildman–Crippen MR) is 119 cm³/mol. The van der Waals surface area contributed by atoms with Crippen molar-refractivity contribution in [3.8, 4) is 23.1 Å². The lowest BCUT2D eigenvalue weighted by molar-refractivity contribution is -0.384. The van der Waals surface area contributed by atoms with Gasteiger partial charge in [0.1, 0.15) is 28.9 Å². The molecule has 0 bridgehead atoms. The van der Waals surface area contributed by atoms with Crippen molar-refractivity contribution >= 4 is 29.9 Å². The second-order valence-corrected chi connectivity index (χ2v) is 7.18. The van der Waals surface area contributed by atoms with Crippen LogP contribution in [0.15, 0.2) is 75.7 Å². The fourth-order valence-electron chi connectivity index (χ4n) is 3.32. The van der Waals surface area contributed by atoms with Crippen molar-refractivity contribution in [2.75, 3.05) is 12.0 Å². The summed E-state index contributed by atoms with van der Waals surface area (Å²) in [6.45, 7) is 0. The summed E-state index contributed by atoms with van der Waals surface area (Å²) in [6, 6.07) is 18.3. The number of nitro benzene ring substituents is 1. The number of benzene rings is 2. The third kappa shape index (κ3) is 3.77. The number of methoxy groups -OCH3 is 1. The molecule has 1 aromatic heterocycles. The van der Waals surface area contributed by atoms with Crippen LogP contribution in [0, 0.1) is 21.4 Å². The van der Waals surface area contributed by atoms with Crippen molar-refractivity contribution in [2.24, 2.45) is 0 Å². The highest BCUT2D eigenvalue weighted by Gasteiger charge is 2.35. The van der Waals surface area contributed by atoms with Gasteiger partial charge in [0.25, 0.3) is 11.6 Å². The number of nitriles is 1. The molecule has 0 fully saturated rings. The number of furan rings is 1. The van der Waals surface area contributed by atoms with Crippen LogP contribution in [0.25, 0.3) is 11.3 Å². The standard InChI is InChI=1S/C22H16N4O5S/c1-30-16-8-6-14(7-9-16)25-20(24-21(27)17(12-23)22(25)32)19-11-10-18(31-19)13-2-4-15(5-3-13)26(28)29/h2-11,20,32H,1H3,(H,24,27)/t20-/m1/s1. The number of hydrogen-bond acceptors (Lipinski definition) is 8. The molecular formula is C22H16N4O5S. The third-order valence-corrected chi connectivity index (χ3v) is 5.37. The Morgan fingerprint density at radius 2 is 1.84 bits per heavy atom. The van der Waals surface area contributed by atoms with Gasteiger partial charge in [0.15, 0.2) is 6.17 Å². The Balaban J connectivity index is 1.73. The molecule has 0 radical (unpaired) electrons. The van der Waals surface area contributed by atoms with E-state index in [2.05, 4.69) is 17.9 Å². The molecule has 1 N–H and O–H groups in total. The molecule has 10 heteroatoms. The highest BCUT2D eigenvalue weighted by molar-refractivity contribution is 7.84. The summed E-state index contributed by atoms with van der Waals surface area (Å²) in [4.78, 5) is 24.6. The molecule has 2 aromatic carbocycles. The van der Waals surface area contributed by atoms with Crippen LogP contribution < -0.4 is 15.0 Å². The fourth-order valence-corrected chi connectivity index (χ4v) is 3.70. The Morgan fingerprint density at radius 1 is 1.16 bits per heavy atom. The van der Waals surface area contributed by atoms with Gasteiger partial charge in [0.2, 0.25) is 0 Å². The van der Waals surface area contributed by atoms with Crippen LogP contribution in [0.2, 0.25) is 0 Å². The van der Waals surface area contributed by atoms with E-state index in [1.807, 2.05) is 6.07 Å². The number of rotatable bonds is 5. The van der Waals surface area contributed by atoms with Crippen molar-refractivity contribution in [3.05, 3.63) is 87.1 Å². The molecule has 2 heterocycles. The molecule has 1 amide bonds. The van der Waals surface area contributed by atoms with E-state index in [4.69, 9.17) is 9.15 Å². The first-order valence-corrected chi connectivity index (χ1v) is 9.79. The monoisotopic (exact) mass is 448 g/mol. The van der Waals surface area contributed by atoms with Gasteiger partial charge in [-0.05, 0) is 48.5 Å². The van der Waals surface area contributed by atoms with Crippen LogP contribution >= 0.6 is 12.6 Å². The number of ether oxygens (including phenoxy) is 1. The lowest BCUT2D eigenvalue weighted by atomic mass is 10.1. The highest BCUT2D eigenvalue weighted by Crippen LogP contribution is 2.38. The van der Waals surface area contributed by atoms with Crippen LogP contribution in [0.3, 0.4) is 0 Å². The summed E-state index contributed by atoms with van der Waals surface area (Å²) in [5, 5.41) is 23.2. The van der Waals surface area contributed by atoms with Crippen LogP contribution in [0.1, 0.15) is 11.9 Å². The first-order chi connectivity index (χ1) is 15.4. The largest absolute Gasteiger partial charge is 0.497 e. The van der Waals surface area contributed by atoms with Gasteiger partial charge in [-0.3, -0.25) is 14.9 Å². The predicted octanol–water partition coefficient (Wildman–Crippen LogP) is 4.16. The Hall–Kier alpha value is -4.23. The molecule has 0 unspecified atom stereocenters. The molecular weight excluding hydrogens is 432 g/mol. The Kier molecular flexibility index (Phi) is 5.57. The number of anilines is 1. The molecule has 4 rings (SSSR count). The minimum atomic E-state index is -0.771. The minimum Gasteiger partial charge on any atom is -0.497 e. The van der Waals surface area contributed by atoms with Crippen molar-refractivity contribution in [3.63, 3.8) is 0 Å². The lowest BCUT2D eigenvalue weighted by Crippen LogP contribution is -2.45. The van der Waals surface area contributed by atoms with Gasteiger partial charge in [-0.1, -0.05) is 0 Å². The first kappa shape index (κ1) is 21.0.